The molecule has 6 heteroatoms. The van der Waals surface area contributed by atoms with Crippen molar-refractivity contribution in [3.05, 3.63) is 78.2 Å². The number of hydrogen-bond donors (Lipinski definition) is 1. The van der Waals surface area contributed by atoms with Crippen molar-refractivity contribution in [2.75, 3.05) is 6.54 Å². The molecule has 2 N–H and O–H groups in total. The summed E-state index contributed by atoms with van der Waals surface area (Å²) in [5.74, 6) is -0.0909. The Labute approximate surface area is 157 Å². The van der Waals surface area contributed by atoms with Crippen LogP contribution in [0.2, 0.25) is 0 Å². The fraction of sp³-hybridized carbons (Fsp3) is 0.190. The van der Waals surface area contributed by atoms with Gasteiger partial charge in [-0.15, -0.1) is 0 Å². The minimum Gasteiger partial charge on any atom is -0.444 e. The van der Waals surface area contributed by atoms with Crippen molar-refractivity contribution in [2.24, 2.45) is 5.73 Å². The van der Waals surface area contributed by atoms with Crippen molar-refractivity contribution < 1.29 is 14.0 Å². The first-order valence-corrected chi connectivity index (χ1v) is 8.71. The average molecular weight is 363 g/mol. The van der Waals surface area contributed by atoms with Crippen molar-refractivity contribution in [1.29, 1.82) is 0 Å². The molecular formula is C21H21N3O3. The lowest BCUT2D eigenvalue weighted by Gasteiger charge is -2.22. The third kappa shape index (κ3) is 5.28. The highest BCUT2D eigenvalue weighted by atomic mass is 16.3. The van der Waals surface area contributed by atoms with Crippen LogP contribution in [0.1, 0.15) is 17.7 Å². The average Bonchev–Trinajstić information content (AvgIpc) is 3.15. The van der Waals surface area contributed by atoms with Gasteiger partial charge in [0.15, 0.2) is 0 Å². The maximum Gasteiger partial charge on any atom is 0.229 e. The van der Waals surface area contributed by atoms with Gasteiger partial charge in [0.1, 0.15) is 6.26 Å². The molecule has 2 aromatic carbocycles. The molecule has 3 aromatic rings. The minimum absolute atomic E-state index is 0.0991. The van der Waals surface area contributed by atoms with Gasteiger partial charge in [0.05, 0.1) is 12.1 Å². The van der Waals surface area contributed by atoms with E-state index in [0.717, 1.165) is 11.1 Å². The fourth-order valence-corrected chi connectivity index (χ4v) is 2.71. The van der Waals surface area contributed by atoms with Gasteiger partial charge in [0, 0.05) is 25.1 Å². The molecule has 0 radical (unpaired) electrons. The summed E-state index contributed by atoms with van der Waals surface area (Å²) in [5, 5.41) is 0. The van der Waals surface area contributed by atoms with Gasteiger partial charge < -0.3 is 15.1 Å². The molecule has 0 atom stereocenters. The number of nitrogens with zero attached hydrogens (tertiary/aromatic N) is 2. The first-order valence-electron chi connectivity index (χ1n) is 8.71. The van der Waals surface area contributed by atoms with E-state index in [2.05, 4.69) is 4.98 Å². The summed E-state index contributed by atoms with van der Waals surface area (Å²) in [6, 6.07) is 19.1. The van der Waals surface area contributed by atoms with Crippen molar-refractivity contribution in [3.63, 3.8) is 0 Å². The van der Waals surface area contributed by atoms with E-state index in [-0.39, 0.29) is 25.3 Å². The van der Waals surface area contributed by atoms with Crippen LogP contribution in [0.4, 0.5) is 0 Å². The summed E-state index contributed by atoms with van der Waals surface area (Å²) in [7, 11) is 0. The van der Waals surface area contributed by atoms with E-state index in [1.165, 1.54) is 6.26 Å². The lowest BCUT2D eigenvalue weighted by atomic mass is 10.2. The van der Waals surface area contributed by atoms with Crippen LogP contribution in [0, 0.1) is 0 Å². The van der Waals surface area contributed by atoms with E-state index in [9.17, 15) is 9.59 Å². The maximum atomic E-state index is 12.8. The second-order valence-corrected chi connectivity index (χ2v) is 6.20. The van der Waals surface area contributed by atoms with Crippen LogP contribution in [-0.4, -0.2) is 28.2 Å². The molecule has 1 heterocycles. The number of carbonyl (C=O) groups excluding carboxylic acids is 2. The first-order chi connectivity index (χ1) is 13.1. The van der Waals surface area contributed by atoms with Crippen molar-refractivity contribution in [2.45, 2.75) is 19.4 Å². The normalized spacial score (nSPS) is 10.5. The molecule has 0 saturated heterocycles. The van der Waals surface area contributed by atoms with E-state index >= 15 is 0 Å². The standard InChI is InChI=1S/C21H21N3O3/c22-19(25)11-12-24(14-16-7-3-1-4-8-16)20(26)13-18-15-27-21(23-18)17-9-5-2-6-10-17/h1-10,15H,11-14H2,(H2,22,25). The van der Waals surface area contributed by atoms with Crippen LogP contribution in [0.3, 0.4) is 0 Å². The molecule has 0 aliphatic rings. The van der Waals surface area contributed by atoms with Gasteiger partial charge in [0.2, 0.25) is 17.7 Å². The highest BCUT2D eigenvalue weighted by Gasteiger charge is 2.18. The number of hydrogen-bond acceptors (Lipinski definition) is 4. The van der Waals surface area contributed by atoms with Crippen molar-refractivity contribution >= 4 is 11.8 Å². The molecule has 0 saturated carbocycles. The van der Waals surface area contributed by atoms with E-state index in [1.807, 2.05) is 60.7 Å². The second kappa shape index (κ2) is 8.80. The van der Waals surface area contributed by atoms with Crippen molar-refractivity contribution in [3.8, 4) is 11.5 Å². The number of primary amides is 1. The Morgan fingerprint density at radius 1 is 1.00 bits per heavy atom. The van der Waals surface area contributed by atoms with Crippen LogP contribution >= 0.6 is 0 Å². The molecule has 0 bridgehead atoms. The van der Waals surface area contributed by atoms with Crippen LogP contribution < -0.4 is 5.73 Å². The van der Waals surface area contributed by atoms with Crippen LogP contribution in [0.5, 0.6) is 0 Å². The molecular weight excluding hydrogens is 342 g/mol. The SMILES string of the molecule is NC(=O)CCN(Cc1ccccc1)C(=O)Cc1coc(-c2ccccc2)n1. The van der Waals surface area contributed by atoms with Gasteiger partial charge in [-0.2, -0.15) is 0 Å². The van der Waals surface area contributed by atoms with E-state index in [0.29, 0.717) is 18.1 Å². The van der Waals surface area contributed by atoms with Crippen LogP contribution in [0.15, 0.2) is 71.3 Å². The predicted octanol–water partition coefficient (Wildman–Crippen LogP) is 2.79. The first kappa shape index (κ1) is 18.4. The summed E-state index contributed by atoms with van der Waals surface area (Å²) >= 11 is 0. The van der Waals surface area contributed by atoms with Crippen molar-refractivity contribution in [1.82, 2.24) is 9.88 Å². The lowest BCUT2D eigenvalue weighted by Crippen LogP contribution is -2.34. The topological polar surface area (TPSA) is 89.4 Å². The van der Waals surface area contributed by atoms with Crippen LogP contribution in [-0.2, 0) is 22.6 Å². The smallest absolute Gasteiger partial charge is 0.229 e. The van der Waals surface area contributed by atoms with Gasteiger partial charge in [0.25, 0.3) is 0 Å². The Kier molecular flexibility index (Phi) is 5.99. The Bertz CT molecular complexity index is 891. The number of nitrogens with two attached hydrogens (primary N) is 1. The van der Waals surface area contributed by atoms with Crippen LogP contribution in [0.25, 0.3) is 11.5 Å². The predicted molar refractivity (Wildman–Crippen MR) is 101 cm³/mol. The maximum absolute atomic E-state index is 12.8. The molecule has 0 fully saturated rings. The number of carbonyl (C=O) groups is 2. The monoisotopic (exact) mass is 363 g/mol. The summed E-state index contributed by atoms with van der Waals surface area (Å²) in [6.07, 6.45) is 1.71. The van der Waals surface area contributed by atoms with Gasteiger partial charge in [-0.25, -0.2) is 4.98 Å². The fourth-order valence-electron chi connectivity index (χ4n) is 2.71. The Morgan fingerprint density at radius 2 is 1.67 bits per heavy atom. The molecule has 0 spiro atoms. The van der Waals surface area contributed by atoms with Gasteiger partial charge in [-0.1, -0.05) is 48.5 Å². The largest absolute Gasteiger partial charge is 0.444 e. The minimum atomic E-state index is -0.436. The zero-order valence-electron chi connectivity index (χ0n) is 14.9. The highest BCUT2D eigenvalue weighted by molar-refractivity contribution is 5.80. The van der Waals surface area contributed by atoms with Gasteiger partial charge in [-0.05, 0) is 17.7 Å². The molecule has 2 amide bonds. The third-order valence-corrected chi connectivity index (χ3v) is 4.10. The number of oxazole rings is 1. The summed E-state index contributed by atoms with van der Waals surface area (Å²) < 4.78 is 5.49. The van der Waals surface area contributed by atoms with Gasteiger partial charge >= 0.3 is 0 Å². The Morgan fingerprint density at radius 3 is 2.33 bits per heavy atom. The molecule has 138 valence electrons. The quantitative estimate of drug-likeness (QED) is 0.666. The summed E-state index contributed by atoms with van der Waals surface area (Å²) in [4.78, 5) is 29.9. The molecule has 27 heavy (non-hydrogen) atoms. The number of rotatable bonds is 8. The summed E-state index contributed by atoms with van der Waals surface area (Å²) in [5.41, 5.74) is 7.64. The molecule has 1 aromatic heterocycles. The Balaban J connectivity index is 1.70. The number of benzene rings is 2. The Hall–Kier alpha value is -3.41. The number of aromatic nitrogens is 1. The molecule has 0 unspecified atom stereocenters. The highest BCUT2D eigenvalue weighted by Crippen LogP contribution is 2.18. The summed E-state index contributed by atoms with van der Waals surface area (Å²) in [6.45, 7) is 0.683. The van der Waals surface area contributed by atoms with E-state index in [1.54, 1.807) is 4.90 Å². The molecule has 0 aliphatic carbocycles. The zero-order chi connectivity index (χ0) is 19.1. The zero-order valence-corrected chi connectivity index (χ0v) is 14.9. The molecule has 3 rings (SSSR count). The molecule has 6 nitrogen and oxygen atoms in total. The number of amides is 2. The molecule has 0 aliphatic heterocycles. The van der Waals surface area contributed by atoms with E-state index < -0.39 is 5.91 Å². The van der Waals surface area contributed by atoms with Gasteiger partial charge in [-0.3, -0.25) is 9.59 Å². The lowest BCUT2D eigenvalue weighted by molar-refractivity contribution is -0.131. The second-order valence-electron chi connectivity index (χ2n) is 6.20. The third-order valence-electron chi connectivity index (χ3n) is 4.10. The van der Waals surface area contributed by atoms with E-state index in [4.69, 9.17) is 10.2 Å².